The number of hydrogen-bond acceptors (Lipinski definition) is 4. The first-order chi connectivity index (χ1) is 14.6. The summed E-state index contributed by atoms with van der Waals surface area (Å²) in [7, 11) is 0. The van der Waals surface area contributed by atoms with Crippen molar-refractivity contribution in [2.24, 2.45) is 0 Å². The van der Waals surface area contributed by atoms with Crippen molar-refractivity contribution in [3.8, 4) is 17.0 Å². The molecule has 3 aromatic carbocycles. The van der Waals surface area contributed by atoms with Gasteiger partial charge in [0.15, 0.2) is 11.6 Å². The van der Waals surface area contributed by atoms with Gasteiger partial charge in [0, 0.05) is 33.8 Å². The van der Waals surface area contributed by atoms with Crippen molar-refractivity contribution in [2.75, 3.05) is 0 Å². The minimum Gasteiger partial charge on any atom is -0.507 e. The number of allylic oxidation sites excluding steroid dienone is 1. The normalized spacial score (nSPS) is 11.9. The maximum Gasteiger partial charge on any atom is 0.198 e. The summed E-state index contributed by atoms with van der Waals surface area (Å²) in [5.41, 5.74) is 3.72. The molecule has 1 aliphatic carbocycles. The summed E-state index contributed by atoms with van der Waals surface area (Å²) < 4.78 is 0. The summed E-state index contributed by atoms with van der Waals surface area (Å²) in [6, 6.07) is 18.0. The highest BCUT2D eigenvalue weighted by Gasteiger charge is 2.29. The molecule has 0 bridgehead atoms. The van der Waals surface area contributed by atoms with E-state index in [0.29, 0.717) is 28.6 Å². The number of hydrogen-bond donors (Lipinski definition) is 1. The molecule has 4 heteroatoms. The Kier molecular flexibility index (Phi) is 4.07. The molecule has 5 rings (SSSR count). The quantitative estimate of drug-likeness (QED) is 0.341. The molecular weight excluding hydrogens is 374 g/mol. The van der Waals surface area contributed by atoms with E-state index in [0.717, 1.165) is 16.5 Å². The zero-order chi connectivity index (χ0) is 20.8. The second-order valence-corrected chi connectivity index (χ2v) is 7.29. The van der Waals surface area contributed by atoms with Gasteiger partial charge in [-0.15, -0.1) is 6.58 Å². The van der Waals surface area contributed by atoms with Gasteiger partial charge in [0.2, 0.25) is 0 Å². The summed E-state index contributed by atoms with van der Waals surface area (Å²) in [4.78, 5) is 30.5. The molecule has 0 saturated carbocycles. The number of rotatable bonds is 4. The van der Waals surface area contributed by atoms with Crippen molar-refractivity contribution in [1.29, 1.82) is 0 Å². The zero-order valence-electron chi connectivity index (χ0n) is 16.1. The van der Waals surface area contributed by atoms with Gasteiger partial charge >= 0.3 is 0 Å². The fourth-order valence-electron chi connectivity index (χ4n) is 4.10. The molecule has 1 heterocycles. The first kappa shape index (κ1) is 18.0. The predicted octanol–water partition coefficient (Wildman–Crippen LogP) is 5.11. The van der Waals surface area contributed by atoms with Crippen LogP contribution in [0.1, 0.15) is 37.4 Å². The van der Waals surface area contributed by atoms with E-state index in [9.17, 15) is 14.7 Å². The Morgan fingerprint density at radius 1 is 0.967 bits per heavy atom. The van der Waals surface area contributed by atoms with Crippen LogP contribution in [0.25, 0.3) is 22.0 Å². The lowest BCUT2D eigenvalue weighted by Gasteiger charge is -2.12. The van der Waals surface area contributed by atoms with Crippen molar-refractivity contribution in [3.05, 3.63) is 107 Å². The number of carbonyl (C=O) groups excluding carboxylic acids is 2. The number of aromatic nitrogens is 1. The van der Waals surface area contributed by atoms with E-state index in [1.807, 2.05) is 36.4 Å². The van der Waals surface area contributed by atoms with Crippen LogP contribution < -0.4 is 0 Å². The first-order valence-electron chi connectivity index (χ1n) is 9.63. The third kappa shape index (κ3) is 2.58. The molecule has 0 radical (unpaired) electrons. The largest absolute Gasteiger partial charge is 0.507 e. The third-order valence-electron chi connectivity index (χ3n) is 5.53. The lowest BCUT2D eigenvalue weighted by atomic mass is 9.93. The monoisotopic (exact) mass is 391 g/mol. The number of benzene rings is 3. The van der Waals surface area contributed by atoms with Crippen molar-refractivity contribution >= 4 is 22.3 Å². The van der Waals surface area contributed by atoms with Crippen molar-refractivity contribution in [2.45, 2.75) is 6.42 Å². The van der Waals surface area contributed by atoms with Gasteiger partial charge in [-0.2, -0.15) is 0 Å². The average Bonchev–Trinajstić information content (AvgIpc) is 3.07. The van der Waals surface area contributed by atoms with Gasteiger partial charge in [-0.25, -0.2) is 0 Å². The number of pyridine rings is 1. The molecule has 0 amide bonds. The molecule has 0 saturated heterocycles. The van der Waals surface area contributed by atoms with Gasteiger partial charge < -0.3 is 5.11 Å². The molecule has 4 aromatic rings. The molecule has 0 atom stereocenters. The number of aromatic hydroxyl groups is 1. The Bertz CT molecular complexity index is 1380. The fraction of sp³-hybridized carbons (Fsp3) is 0.0385. The van der Waals surface area contributed by atoms with Crippen LogP contribution in [0.5, 0.6) is 5.75 Å². The van der Waals surface area contributed by atoms with E-state index in [1.165, 1.54) is 6.20 Å². The fourth-order valence-corrected chi connectivity index (χ4v) is 4.10. The highest BCUT2D eigenvalue weighted by molar-refractivity contribution is 6.22. The van der Waals surface area contributed by atoms with E-state index in [1.54, 1.807) is 30.3 Å². The van der Waals surface area contributed by atoms with E-state index >= 15 is 0 Å². The van der Waals surface area contributed by atoms with E-state index in [2.05, 4.69) is 11.6 Å². The molecule has 1 N–H and O–H groups in total. The smallest absolute Gasteiger partial charge is 0.198 e. The van der Waals surface area contributed by atoms with Gasteiger partial charge in [-0.3, -0.25) is 14.6 Å². The summed E-state index contributed by atoms with van der Waals surface area (Å²) >= 11 is 0. The van der Waals surface area contributed by atoms with Crippen molar-refractivity contribution < 1.29 is 14.7 Å². The highest BCUT2D eigenvalue weighted by atomic mass is 16.3. The van der Waals surface area contributed by atoms with Gasteiger partial charge in [-0.05, 0) is 29.5 Å². The minimum atomic E-state index is -0.373. The van der Waals surface area contributed by atoms with Crippen molar-refractivity contribution in [1.82, 2.24) is 4.98 Å². The lowest BCUT2D eigenvalue weighted by molar-refractivity contribution is 0.103. The summed E-state index contributed by atoms with van der Waals surface area (Å²) in [6.07, 6.45) is 3.80. The molecule has 4 nitrogen and oxygen atoms in total. The minimum absolute atomic E-state index is 0.0708. The van der Waals surface area contributed by atoms with Crippen LogP contribution in [0.15, 0.2) is 79.5 Å². The second kappa shape index (κ2) is 6.78. The van der Waals surface area contributed by atoms with Gasteiger partial charge in [0.1, 0.15) is 5.75 Å². The third-order valence-corrected chi connectivity index (χ3v) is 5.53. The molecule has 144 valence electrons. The molecule has 0 spiro atoms. The van der Waals surface area contributed by atoms with Gasteiger partial charge in [0.25, 0.3) is 0 Å². The predicted molar refractivity (Wildman–Crippen MR) is 116 cm³/mol. The molecule has 0 unspecified atom stereocenters. The Morgan fingerprint density at radius 2 is 1.67 bits per heavy atom. The SMILES string of the molecule is C=CCc1cc(C(=O)c2cnc3c(c2)C(=O)c2ccccc2-3)c(O)c2ccccc12. The van der Waals surface area contributed by atoms with Crippen LogP contribution in [-0.2, 0) is 6.42 Å². The topological polar surface area (TPSA) is 67.3 Å². The van der Waals surface area contributed by atoms with Crippen molar-refractivity contribution in [3.63, 3.8) is 0 Å². The Morgan fingerprint density at radius 3 is 2.43 bits per heavy atom. The van der Waals surface area contributed by atoms with Gasteiger partial charge in [-0.1, -0.05) is 54.6 Å². The Balaban J connectivity index is 1.65. The number of phenolic OH excluding ortho intramolecular Hbond substituents is 1. The van der Waals surface area contributed by atoms with Crippen LogP contribution in [0.3, 0.4) is 0 Å². The maximum atomic E-state index is 13.3. The van der Waals surface area contributed by atoms with E-state index in [4.69, 9.17) is 0 Å². The van der Waals surface area contributed by atoms with E-state index < -0.39 is 0 Å². The number of phenols is 1. The molecule has 1 aliphatic rings. The molecule has 0 aliphatic heterocycles. The number of ketones is 2. The molecule has 30 heavy (non-hydrogen) atoms. The second-order valence-electron chi connectivity index (χ2n) is 7.29. The average molecular weight is 391 g/mol. The first-order valence-corrected chi connectivity index (χ1v) is 9.63. The number of nitrogens with zero attached hydrogens (tertiary/aromatic N) is 1. The van der Waals surface area contributed by atoms with Crippen LogP contribution >= 0.6 is 0 Å². The number of carbonyl (C=O) groups is 2. The Labute approximate surface area is 173 Å². The van der Waals surface area contributed by atoms with Crippen LogP contribution in [0, 0.1) is 0 Å². The summed E-state index contributed by atoms with van der Waals surface area (Å²) in [5, 5.41) is 12.3. The highest BCUT2D eigenvalue weighted by Crippen LogP contribution is 2.37. The summed E-state index contributed by atoms with van der Waals surface area (Å²) in [6.45, 7) is 3.79. The molecule has 0 fully saturated rings. The molecule has 1 aromatic heterocycles. The summed E-state index contributed by atoms with van der Waals surface area (Å²) in [5.74, 6) is -0.584. The number of fused-ring (bicyclic) bond motifs is 4. The van der Waals surface area contributed by atoms with Gasteiger partial charge in [0.05, 0.1) is 11.3 Å². The maximum absolute atomic E-state index is 13.3. The standard InChI is InChI=1S/C26H17NO3/c1-2-7-15-12-22(26(30)19-10-5-3-8-17(15)19)24(28)16-13-21-23(27-14-16)18-9-4-6-11-20(18)25(21)29/h2-6,8-14,30H,1,7H2. The van der Waals surface area contributed by atoms with Crippen LogP contribution in [0.4, 0.5) is 0 Å². The van der Waals surface area contributed by atoms with Crippen LogP contribution in [0.2, 0.25) is 0 Å². The van der Waals surface area contributed by atoms with E-state index in [-0.39, 0.29) is 28.4 Å². The van der Waals surface area contributed by atoms with Crippen LogP contribution in [-0.4, -0.2) is 21.7 Å². The lowest BCUT2D eigenvalue weighted by Crippen LogP contribution is -2.06. The Hall–Kier alpha value is -4.05. The zero-order valence-corrected chi connectivity index (χ0v) is 16.1. The molecular formula is C26H17NO3.